The second kappa shape index (κ2) is 7.93. The van der Waals surface area contributed by atoms with Gasteiger partial charge in [0, 0.05) is 28.6 Å². The summed E-state index contributed by atoms with van der Waals surface area (Å²) in [5, 5.41) is 0. The van der Waals surface area contributed by atoms with E-state index in [0.717, 1.165) is 27.0 Å². The van der Waals surface area contributed by atoms with Crippen molar-refractivity contribution in [3.05, 3.63) is 93.2 Å². The van der Waals surface area contributed by atoms with Crippen molar-refractivity contribution in [3.8, 4) is 5.75 Å². The van der Waals surface area contributed by atoms with Crippen LogP contribution in [0.1, 0.15) is 40.0 Å². The summed E-state index contributed by atoms with van der Waals surface area (Å²) in [6.45, 7) is 2.77. The standard InChI is InChI=1S/C25H20BrFN2O2/c1-2-31-23-10-9-18(27)13-20(23)24(22-11-15-5-3-4-6-21(15)28-22)29-14-16-7-8-17(26)12-19(16)25(29)30/h3-10,12-13,24H,2,11,14H2,1H3. The molecule has 31 heavy (non-hydrogen) atoms. The SMILES string of the molecule is CCOc1ccc(F)cc1C(C1=Nc2ccccc2C1)N1Cc2ccc(Br)cc2C1=O. The first-order chi connectivity index (χ1) is 15.0. The first kappa shape index (κ1) is 19.9. The van der Waals surface area contributed by atoms with E-state index in [1.807, 2.05) is 49.4 Å². The molecule has 0 aromatic heterocycles. The molecule has 0 aliphatic carbocycles. The van der Waals surface area contributed by atoms with Crippen molar-refractivity contribution in [3.63, 3.8) is 0 Å². The zero-order valence-electron chi connectivity index (χ0n) is 16.9. The van der Waals surface area contributed by atoms with Gasteiger partial charge in [0.15, 0.2) is 0 Å². The summed E-state index contributed by atoms with van der Waals surface area (Å²) in [4.78, 5) is 20.1. The highest BCUT2D eigenvalue weighted by molar-refractivity contribution is 9.10. The molecule has 0 saturated heterocycles. The van der Waals surface area contributed by atoms with E-state index < -0.39 is 6.04 Å². The molecule has 156 valence electrons. The molecule has 3 aromatic rings. The van der Waals surface area contributed by atoms with Gasteiger partial charge in [0.25, 0.3) is 5.91 Å². The maximum absolute atomic E-state index is 14.4. The monoisotopic (exact) mass is 478 g/mol. The number of ether oxygens (including phenoxy) is 1. The summed E-state index contributed by atoms with van der Waals surface area (Å²) >= 11 is 3.46. The number of carbonyl (C=O) groups excluding carboxylic acids is 1. The van der Waals surface area contributed by atoms with Gasteiger partial charge in [-0.1, -0.05) is 40.2 Å². The van der Waals surface area contributed by atoms with Crippen LogP contribution in [0.4, 0.5) is 10.1 Å². The van der Waals surface area contributed by atoms with Gasteiger partial charge in [-0.15, -0.1) is 0 Å². The molecule has 0 bridgehead atoms. The van der Waals surface area contributed by atoms with Crippen LogP contribution in [0.15, 0.2) is 70.1 Å². The number of fused-ring (bicyclic) bond motifs is 2. The lowest BCUT2D eigenvalue weighted by molar-refractivity contribution is 0.0745. The predicted molar refractivity (Wildman–Crippen MR) is 122 cm³/mol. The number of para-hydroxylation sites is 1. The van der Waals surface area contributed by atoms with Crippen LogP contribution < -0.4 is 4.74 Å². The fourth-order valence-electron chi connectivity index (χ4n) is 4.37. The van der Waals surface area contributed by atoms with E-state index in [2.05, 4.69) is 15.9 Å². The minimum Gasteiger partial charge on any atom is -0.493 e. The predicted octanol–water partition coefficient (Wildman–Crippen LogP) is 6.01. The Labute approximate surface area is 188 Å². The average Bonchev–Trinajstić information content (AvgIpc) is 3.32. The molecule has 0 fully saturated rings. The molecule has 0 saturated carbocycles. The van der Waals surface area contributed by atoms with Gasteiger partial charge >= 0.3 is 0 Å². The van der Waals surface area contributed by atoms with Crippen molar-refractivity contribution >= 4 is 33.2 Å². The number of amides is 1. The molecule has 3 aromatic carbocycles. The smallest absolute Gasteiger partial charge is 0.255 e. The Hall–Kier alpha value is -2.99. The summed E-state index contributed by atoms with van der Waals surface area (Å²) < 4.78 is 21.1. The number of hydrogen-bond donors (Lipinski definition) is 0. The van der Waals surface area contributed by atoms with Gasteiger partial charge in [-0.05, 0) is 54.4 Å². The summed E-state index contributed by atoms with van der Waals surface area (Å²) in [6, 6.07) is 17.6. The number of aliphatic imine (C=N–C) groups is 1. The van der Waals surface area contributed by atoms with Crippen molar-refractivity contribution in [1.29, 1.82) is 0 Å². The number of rotatable bonds is 5. The van der Waals surface area contributed by atoms with Crippen LogP contribution in [-0.2, 0) is 13.0 Å². The van der Waals surface area contributed by atoms with Gasteiger partial charge in [0.2, 0.25) is 0 Å². The Balaban J connectivity index is 1.64. The van der Waals surface area contributed by atoms with Gasteiger partial charge < -0.3 is 9.64 Å². The zero-order chi connectivity index (χ0) is 21.5. The van der Waals surface area contributed by atoms with E-state index in [1.165, 1.54) is 12.1 Å². The molecule has 1 atom stereocenters. The van der Waals surface area contributed by atoms with Gasteiger partial charge in [-0.25, -0.2) is 4.39 Å². The zero-order valence-corrected chi connectivity index (χ0v) is 18.5. The minimum atomic E-state index is -0.525. The third-order valence-electron chi connectivity index (χ3n) is 5.72. The van der Waals surface area contributed by atoms with Crippen molar-refractivity contribution < 1.29 is 13.9 Å². The molecule has 0 spiro atoms. The minimum absolute atomic E-state index is 0.0911. The van der Waals surface area contributed by atoms with Crippen LogP contribution in [0, 0.1) is 5.82 Å². The van der Waals surface area contributed by atoms with E-state index in [-0.39, 0.29) is 11.7 Å². The molecule has 1 amide bonds. The molecule has 1 unspecified atom stereocenters. The number of carbonyl (C=O) groups is 1. The molecule has 2 aliphatic rings. The molecule has 0 radical (unpaired) electrons. The second-order valence-corrected chi connectivity index (χ2v) is 8.58. The summed E-state index contributed by atoms with van der Waals surface area (Å²) in [5.41, 5.74) is 5.03. The Morgan fingerprint density at radius 3 is 2.77 bits per heavy atom. The molecule has 2 aliphatic heterocycles. The lowest BCUT2D eigenvalue weighted by Gasteiger charge is -2.30. The van der Waals surface area contributed by atoms with Crippen molar-refractivity contribution in [2.24, 2.45) is 4.99 Å². The molecule has 4 nitrogen and oxygen atoms in total. The lowest BCUT2D eigenvalue weighted by Crippen LogP contribution is -2.35. The van der Waals surface area contributed by atoms with Crippen LogP contribution in [0.25, 0.3) is 0 Å². The molecular formula is C25H20BrFN2O2. The van der Waals surface area contributed by atoms with Gasteiger partial charge in [0.1, 0.15) is 17.6 Å². The quantitative estimate of drug-likeness (QED) is 0.450. The molecule has 6 heteroatoms. The fourth-order valence-corrected chi connectivity index (χ4v) is 4.73. The Kier molecular flexibility index (Phi) is 5.10. The first-order valence-electron chi connectivity index (χ1n) is 10.2. The summed E-state index contributed by atoms with van der Waals surface area (Å²) in [6.07, 6.45) is 0.604. The third kappa shape index (κ3) is 3.55. The van der Waals surface area contributed by atoms with E-state index in [9.17, 15) is 9.18 Å². The number of benzene rings is 3. The number of halogens is 2. The van der Waals surface area contributed by atoms with Crippen LogP contribution in [0.5, 0.6) is 5.75 Å². The normalized spacial score (nSPS) is 15.5. The third-order valence-corrected chi connectivity index (χ3v) is 6.22. The Bertz CT molecular complexity index is 1220. The van der Waals surface area contributed by atoms with E-state index >= 15 is 0 Å². The van der Waals surface area contributed by atoms with Gasteiger partial charge in [0.05, 0.1) is 18.0 Å². The largest absolute Gasteiger partial charge is 0.493 e. The van der Waals surface area contributed by atoms with Gasteiger partial charge in [-0.2, -0.15) is 0 Å². The van der Waals surface area contributed by atoms with Crippen LogP contribution in [0.2, 0.25) is 0 Å². The number of hydrogen-bond acceptors (Lipinski definition) is 3. The van der Waals surface area contributed by atoms with Crippen LogP contribution in [0.3, 0.4) is 0 Å². The lowest BCUT2D eigenvalue weighted by atomic mass is 9.96. The summed E-state index contributed by atoms with van der Waals surface area (Å²) in [5.74, 6) is 0.107. The van der Waals surface area contributed by atoms with E-state index in [1.54, 1.807) is 11.0 Å². The van der Waals surface area contributed by atoms with Crippen molar-refractivity contribution in [2.45, 2.75) is 25.9 Å². The van der Waals surface area contributed by atoms with E-state index in [4.69, 9.17) is 9.73 Å². The van der Waals surface area contributed by atoms with Crippen LogP contribution in [-0.4, -0.2) is 23.1 Å². The Morgan fingerprint density at radius 2 is 1.97 bits per heavy atom. The van der Waals surface area contributed by atoms with Gasteiger partial charge in [-0.3, -0.25) is 9.79 Å². The van der Waals surface area contributed by atoms with Crippen molar-refractivity contribution in [1.82, 2.24) is 4.90 Å². The Morgan fingerprint density at radius 1 is 1.13 bits per heavy atom. The highest BCUT2D eigenvalue weighted by Crippen LogP contribution is 2.41. The number of nitrogens with zero attached hydrogens (tertiary/aromatic N) is 2. The van der Waals surface area contributed by atoms with E-state index in [0.29, 0.717) is 36.4 Å². The molecule has 2 heterocycles. The molecular weight excluding hydrogens is 459 g/mol. The maximum Gasteiger partial charge on any atom is 0.255 e. The first-order valence-corrected chi connectivity index (χ1v) is 11.0. The maximum atomic E-state index is 14.4. The fraction of sp³-hybridized carbons (Fsp3) is 0.200. The highest BCUT2D eigenvalue weighted by Gasteiger charge is 2.39. The highest BCUT2D eigenvalue weighted by atomic mass is 79.9. The topological polar surface area (TPSA) is 41.9 Å². The van der Waals surface area contributed by atoms with Crippen molar-refractivity contribution in [2.75, 3.05) is 6.61 Å². The average molecular weight is 479 g/mol. The molecule has 0 N–H and O–H groups in total. The van der Waals surface area contributed by atoms with Crippen LogP contribution >= 0.6 is 15.9 Å². The summed E-state index contributed by atoms with van der Waals surface area (Å²) in [7, 11) is 0. The molecule has 5 rings (SSSR count). The second-order valence-electron chi connectivity index (χ2n) is 7.66.